The maximum Gasteiger partial charge on any atom is 0.326 e. The average molecular weight is 316 g/mol. The summed E-state index contributed by atoms with van der Waals surface area (Å²) in [4.78, 5) is 27.9. The van der Waals surface area contributed by atoms with E-state index in [0.717, 1.165) is 5.56 Å². The number of amides is 1. The van der Waals surface area contributed by atoms with Crippen molar-refractivity contribution in [3.63, 3.8) is 0 Å². The minimum Gasteiger partial charge on any atom is -0.480 e. The van der Waals surface area contributed by atoms with Gasteiger partial charge in [0.25, 0.3) is 5.91 Å². The molecule has 0 bridgehead atoms. The first-order valence-corrected chi connectivity index (χ1v) is 7.50. The Balaban J connectivity index is 2.23. The molecule has 0 aliphatic rings. The smallest absolute Gasteiger partial charge is 0.326 e. The fourth-order valence-corrected chi connectivity index (χ4v) is 2.20. The van der Waals surface area contributed by atoms with Crippen LogP contribution in [-0.2, 0) is 4.79 Å². The molecule has 0 aliphatic carbocycles. The highest BCUT2D eigenvalue weighted by Gasteiger charge is 2.28. The summed E-state index contributed by atoms with van der Waals surface area (Å²) < 4.78 is 5.54. The van der Waals surface area contributed by atoms with Crippen LogP contribution in [0.15, 0.2) is 34.7 Å². The van der Waals surface area contributed by atoms with E-state index < -0.39 is 17.9 Å². The van der Waals surface area contributed by atoms with Crippen molar-refractivity contribution in [2.45, 2.75) is 33.2 Å². The Morgan fingerprint density at radius 3 is 2.52 bits per heavy atom. The van der Waals surface area contributed by atoms with Gasteiger partial charge in [-0.1, -0.05) is 38.5 Å². The molecular formula is C17H20N2O4. The van der Waals surface area contributed by atoms with E-state index in [1.165, 1.54) is 0 Å². The number of carbonyl (C=O) groups excluding carboxylic acids is 1. The number of nitrogens with zero attached hydrogens (tertiary/aromatic N) is 1. The van der Waals surface area contributed by atoms with Crippen molar-refractivity contribution in [2.24, 2.45) is 5.92 Å². The molecule has 6 heteroatoms. The van der Waals surface area contributed by atoms with Gasteiger partial charge in [-0.3, -0.25) is 4.79 Å². The van der Waals surface area contributed by atoms with Crippen molar-refractivity contribution in [3.05, 3.63) is 41.8 Å². The van der Waals surface area contributed by atoms with Crippen LogP contribution in [0.1, 0.15) is 36.5 Å². The molecule has 1 aromatic heterocycles. The third-order valence-electron chi connectivity index (χ3n) is 3.79. The summed E-state index contributed by atoms with van der Waals surface area (Å²) in [5, 5.41) is 11.8. The number of carboxylic acid groups (broad SMARTS) is 1. The number of hydrogen-bond donors (Lipinski definition) is 2. The molecule has 1 aromatic carbocycles. The number of aryl methyl sites for hydroxylation is 1. The first-order chi connectivity index (χ1) is 10.9. The first-order valence-electron chi connectivity index (χ1n) is 7.50. The van der Waals surface area contributed by atoms with Gasteiger partial charge >= 0.3 is 5.97 Å². The summed E-state index contributed by atoms with van der Waals surface area (Å²) in [7, 11) is 0. The van der Waals surface area contributed by atoms with Crippen LogP contribution in [0.5, 0.6) is 0 Å². The lowest BCUT2D eigenvalue weighted by molar-refractivity contribution is -0.140. The molecule has 2 rings (SSSR count). The van der Waals surface area contributed by atoms with Gasteiger partial charge in [-0.15, -0.1) is 0 Å². The molecule has 2 unspecified atom stereocenters. The number of rotatable bonds is 6. The van der Waals surface area contributed by atoms with E-state index in [1.54, 1.807) is 13.8 Å². The third kappa shape index (κ3) is 3.77. The molecule has 23 heavy (non-hydrogen) atoms. The molecule has 1 heterocycles. The summed E-state index contributed by atoms with van der Waals surface area (Å²) >= 11 is 0. The first kappa shape index (κ1) is 16.7. The van der Waals surface area contributed by atoms with Gasteiger partial charge in [-0.2, -0.15) is 0 Å². The molecule has 0 fully saturated rings. The lowest BCUT2D eigenvalue weighted by Gasteiger charge is -2.19. The van der Waals surface area contributed by atoms with E-state index in [2.05, 4.69) is 10.3 Å². The lowest BCUT2D eigenvalue weighted by atomic mass is 9.99. The summed E-state index contributed by atoms with van der Waals surface area (Å²) in [6, 6.07) is 8.25. The summed E-state index contributed by atoms with van der Waals surface area (Å²) in [5.41, 5.74) is 1.18. The zero-order chi connectivity index (χ0) is 17.0. The van der Waals surface area contributed by atoms with Crippen LogP contribution < -0.4 is 5.32 Å². The van der Waals surface area contributed by atoms with Crippen LogP contribution in [0.4, 0.5) is 0 Å². The Bertz CT molecular complexity index is 694. The number of aliphatic carboxylic acids is 1. The molecule has 1 amide bonds. The Morgan fingerprint density at radius 1 is 1.30 bits per heavy atom. The second kappa shape index (κ2) is 7.09. The number of aromatic nitrogens is 1. The maximum atomic E-state index is 12.3. The van der Waals surface area contributed by atoms with Gasteiger partial charge in [0.1, 0.15) is 6.04 Å². The number of carbonyl (C=O) groups is 2. The number of benzene rings is 1. The number of carboxylic acids is 1. The minimum atomic E-state index is -1.06. The van der Waals surface area contributed by atoms with Crippen LogP contribution in [0.2, 0.25) is 0 Å². The molecule has 2 N–H and O–H groups in total. The summed E-state index contributed by atoms with van der Waals surface area (Å²) in [6.07, 6.45) is 0.641. The molecular weight excluding hydrogens is 296 g/mol. The van der Waals surface area contributed by atoms with Crippen molar-refractivity contribution in [2.75, 3.05) is 0 Å². The largest absolute Gasteiger partial charge is 0.480 e. The van der Waals surface area contributed by atoms with Crippen molar-refractivity contribution in [1.29, 1.82) is 0 Å². The van der Waals surface area contributed by atoms with E-state index in [-0.39, 0.29) is 11.7 Å². The maximum absolute atomic E-state index is 12.3. The number of oxazole rings is 1. The normalized spacial score (nSPS) is 13.3. The number of hydrogen-bond acceptors (Lipinski definition) is 4. The Morgan fingerprint density at radius 2 is 1.96 bits per heavy atom. The van der Waals surface area contributed by atoms with Gasteiger partial charge < -0.3 is 14.8 Å². The molecule has 0 saturated heterocycles. The van der Waals surface area contributed by atoms with Crippen molar-refractivity contribution in [3.8, 4) is 11.5 Å². The van der Waals surface area contributed by atoms with Crippen LogP contribution in [0.25, 0.3) is 11.5 Å². The van der Waals surface area contributed by atoms with Crippen molar-refractivity contribution in [1.82, 2.24) is 10.3 Å². The van der Waals surface area contributed by atoms with Gasteiger partial charge in [-0.05, 0) is 25.0 Å². The molecule has 6 nitrogen and oxygen atoms in total. The van der Waals surface area contributed by atoms with Gasteiger partial charge in [0.05, 0.1) is 5.69 Å². The topological polar surface area (TPSA) is 92.4 Å². The second-order valence-corrected chi connectivity index (χ2v) is 5.47. The molecule has 2 aromatic rings. The Labute approximate surface area is 134 Å². The van der Waals surface area contributed by atoms with Gasteiger partial charge in [-0.25, -0.2) is 9.78 Å². The molecule has 2 atom stereocenters. The monoisotopic (exact) mass is 316 g/mol. The zero-order valence-electron chi connectivity index (χ0n) is 13.4. The standard InChI is InChI=1S/C17H20N2O4/c1-4-10(2)13(17(21)22)19-15(20)14-11(3)18-16(23-14)12-8-6-5-7-9-12/h5-10,13H,4H2,1-3H3,(H,19,20)(H,21,22). The minimum absolute atomic E-state index is 0.0402. The predicted octanol–water partition coefficient (Wildman–Crippen LogP) is 2.88. The molecule has 0 saturated carbocycles. The molecule has 0 aliphatic heterocycles. The molecule has 0 spiro atoms. The lowest BCUT2D eigenvalue weighted by Crippen LogP contribution is -2.45. The fourth-order valence-electron chi connectivity index (χ4n) is 2.20. The summed E-state index contributed by atoms with van der Waals surface area (Å²) in [5.74, 6) is -1.44. The predicted molar refractivity (Wildman–Crippen MR) is 85.0 cm³/mol. The van der Waals surface area contributed by atoms with E-state index >= 15 is 0 Å². The molecule has 122 valence electrons. The van der Waals surface area contributed by atoms with Gasteiger partial charge in [0.2, 0.25) is 11.7 Å². The average Bonchev–Trinajstić information content (AvgIpc) is 2.94. The fraction of sp³-hybridized carbons (Fsp3) is 0.353. The highest BCUT2D eigenvalue weighted by atomic mass is 16.4. The van der Waals surface area contributed by atoms with Crippen LogP contribution >= 0.6 is 0 Å². The van der Waals surface area contributed by atoms with Crippen molar-refractivity contribution < 1.29 is 19.1 Å². The van der Waals surface area contributed by atoms with Crippen molar-refractivity contribution >= 4 is 11.9 Å². The highest BCUT2D eigenvalue weighted by molar-refractivity contribution is 5.95. The number of nitrogens with one attached hydrogen (secondary N) is 1. The quantitative estimate of drug-likeness (QED) is 0.855. The summed E-state index contributed by atoms with van der Waals surface area (Å²) in [6.45, 7) is 5.31. The van der Waals surface area contributed by atoms with Crippen LogP contribution in [0.3, 0.4) is 0 Å². The Hall–Kier alpha value is -2.63. The van der Waals surface area contributed by atoms with E-state index in [0.29, 0.717) is 18.0 Å². The van der Waals surface area contributed by atoms with Crippen LogP contribution in [0, 0.1) is 12.8 Å². The van der Waals surface area contributed by atoms with E-state index in [4.69, 9.17) is 4.42 Å². The van der Waals surface area contributed by atoms with Gasteiger partial charge in [0, 0.05) is 5.56 Å². The molecule has 0 radical (unpaired) electrons. The zero-order valence-corrected chi connectivity index (χ0v) is 13.4. The Kier molecular flexibility index (Phi) is 5.16. The van der Waals surface area contributed by atoms with Gasteiger partial charge in [0.15, 0.2) is 0 Å². The second-order valence-electron chi connectivity index (χ2n) is 5.47. The highest BCUT2D eigenvalue weighted by Crippen LogP contribution is 2.21. The van der Waals surface area contributed by atoms with Crippen LogP contribution in [-0.4, -0.2) is 28.0 Å². The third-order valence-corrected chi connectivity index (χ3v) is 3.79. The SMILES string of the molecule is CCC(C)C(NC(=O)c1oc(-c2ccccc2)nc1C)C(=O)O. The van der Waals surface area contributed by atoms with E-state index in [1.807, 2.05) is 37.3 Å². The van der Waals surface area contributed by atoms with E-state index in [9.17, 15) is 14.7 Å².